The van der Waals surface area contributed by atoms with E-state index in [0.29, 0.717) is 13.1 Å². The number of ketones is 1. The monoisotopic (exact) mass is 298 g/mol. The van der Waals surface area contributed by atoms with Crippen LogP contribution in [0.5, 0.6) is 0 Å². The molecule has 0 unspecified atom stereocenters. The molecule has 0 aliphatic carbocycles. The number of carbonyl (C=O) groups excluding carboxylic acids is 1. The minimum atomic E-state index is -0.00976. The second-order valence-corrected chi connectivity index (χ2v) is 6.80. The van der Waals surface area contributed by atoms with E-state index in [1.807, 2.05) is 31.2 Å². The maximum absolute atomic E-state index is 12.5. The quantitative estimate of drug-likeness (QED) is 0.851. The highest BCUT2D eigenvalue weighted by Crippen LogP contribution is 2.24. The zero-order chi connectivity index (χ0) is 16.3. The molecule has 2 aromatic rings. The number of Topliss-reactive ketones (excluding diaryl/α,β-unsaturated/α-hetero) is 1. The first-order chi connectivity index (χ1) is 10.3. The Balaban J connectivity index is 2.05. The summed E-state index contributed by atoms with van der Waals surface area (Å²) in [7, 11) is 0. The molecule has 0 saturated carbocycles. The van der Waals surface area contributed by atoms with E-state index < -0.39 is 0 Å². The summed E-state index contributed by atoms with van der Waals surface area (Å²) >= 11 is 0. The first-order valence-electron chi connectivity index (χ1n) is 7.78. The van der Waals surface area contributed by atoms with Crippen LogP contribution in [0.1, 0.15) is 48.1 Å². The van der Waals surface area contributed by atoms with Gasteiger partial charge in [-0.1, -0.05) is 30.3 Å². The standard InChI is InChI=1S/C19H26N2O/c1-14-11-17(15(2)21(14)19(3,4)5)18(22)13-20-12-16-9-7-6-8-10-16/h6-11,20H,12-13H2,1-5H3. The third-order valence-electron chi connectivity index (χ3n) is 3.86. The van der Waals surface area contributed by atoms with Crippen molar-refractivity contribution < 1.29 is 4.79 Å². The van der Waals surface area contributed by atoms with Crippen LogP contribution in [0.25, 0.3) is 0 Å². The summed E-state index contributed by atoms with van der Waals surface area (Å²) in [5.41, 5.74) is 4.20. The molecule has 1 heterocycles. The van der Waals surface area contributed by atoms with Crippen LogP contribution in [0.4, 0.5) is 0 Å². The number of aryl methyl sites for hydroxylation is 1. The molecule has 0 saturated heterocycles. The van der Waals surface area contributed by atoms with Crippen molar-refractivity contribution in [3.63, 3.8) is 0 Å². The summed E-state index contributed by atoms with van der Waals surface area (Å²) in [6, 6.07) is 12.1. The maximum Gasteiger partial charge on any atom is 0.178 e. The summed E-state index contributed by atoms with van der Waals surface area (Å²) < 4.78 is 2.23. The molecule has 2 rings (SSSR count). The van der Waals surface area contributed by atoms with Crippen LogP contribution in [0.15, 0.2) is 36.4 Å². The number of carbonyl (C=O) groups is 1. The zero-order valence-electron chi connectivity index (χ0n) is 14.2. The van der Waals surface area contributed by atoms with Crippen molar-refractivity contribution in [2.75, 3.05) is 6.54 Å². The highest BCUT2D eigenvalue weighted by molar-refractivity contribution is 5.99. The summed E-state index contributed by atoms with van der Waals surface area (Å²) in [6.07, 6.45) is 0. The number of rotatable bonds is 5. The number of hydrogen-bond donors (Lipinski definition) is 1. The van der Waals surface area contributed by atoms with Gasteiger partial charge in [-0.2, -0.15) is 0 Å². The molecule has 0 amide bonds. The van der Waals surface area contributed by atoms with Crippen molar-refractivity contribution in [1.82, 2.24) is 9.88 Å². The number of aromatic nitrogens is 1. The molecule has 1 aromatic carbocycles. The largest absolute Gasteiger partial charge is 0.343 e. The van der Waals surface area contributed by atoms with E-state index in [4.69, 9.17) is 0 Å². The number of hydrogen-bond acceptors (Lipinski definition) is 2. The average molecular weight is 298 g/mol. The van der Waals surface area contributed by atoms with Crippen molar-refractivity contribution in [3.8, 4) is 0 Å². The van der Waals surface area contributed by atoms with Crippen molar-refractivity contribution >= 4 is 5.78 Å². The normalized spacial score (nSPS) is 11.7. The van der Waals surface area contributed by atoms with Crippen molar-refractivity contribution in [3.05, 3.63) is 58.9 Å². The Morgan fingerprint density at radius 2 is 1.77 bits per heavy atom. The minimum absolute atomic E-state index is 0.00976. The van der Waals surface area contributed by atoms with Gasteiger partial charge >= 0.3 is 0 Å². The lowest BCUT2D eigenvalue weighted by Crippen LogP contribution is -2.26. The van der Waals surface area contributed by atoms with Crippen LogP contribution in [0.2, 0.25) is 0 Å². The van der Waals surface area contributed by atoms with Crippen LogP contribution in [-0.4, -0.2) is 16.9 Å². The SMILES string of the molecule is Cc1cc(C(=O)CNCc2ccccc2)c(C)n1C(C)(C)C. The molecule has 3 heteroatoms. The lowest BCUT2D eigenvalue weighted by molar-refractivity contribution is 0.0990. The second-order valence-electron chi connectivity index (χ2n) is 6.80. The van der Waals surface area contributed by atoms with Crippen molar-refractivity contribution in [2.24, 2.45) is 0 Å². The van der Waals surface area contributed by atoms with E-state index in [0.717, 1.165) is 17.0 Å². The van der Waals surface area contributed by atoms with E-state index in [2.05, 4.69) is 49.7 Å². The van der Waals surface area contributed by atoms with Crippen LogP contribution in [-0.2, 0) is 12.1 Å². The first-order valence-corrected chi connectivity index (χ1v) is 7.78. The van der Waals surface area contributed by atoms with Gasteiger partial charge in [0.05, 0.1) is 6.54 Å². The first kappa shape index (κ1) is 16.5. The molecule has 0 aliphatic heterocycles. The fraction of sp³-hybridized carbons (Fsp3) is 0.421. The van der Waals surface area contributed by atoms with Gasteiger partial charge in [0.1, 0.15) is 0 Å². The van der Waals surface area contributed by atoms with E-state index in [1.165, 1.54) is 5.56 Å². The Labute approximate surface area is 133 Å². The molecule has 0 fully saturated rings. The van der Waals surface area contributed by atoms with Crippen LogP contribution in [0.3, 0.4) is 0 Å². The summed E-state index contributed by atoms with van der Waals surface area (Å²) in [6.45, 7) is 11.7. The fourth-order valence-corrected chi connectivity index (χ4v) is 3.09. The van der Waals surface area contributed by atoms with Gasteiger partial charge < -0.3 is 9.88 Å². The summed E-state index contributed by atoms with van der Waals surface area (Å²) in [4.78, 5) is 12.5. The van der Waals surface area contributed by atoms with Gasteiger partial charge in [-0.05, 0) is 46.2 Å². The van der Waals surface area contributed by atoms with Crippen molar-refractivity contribution in [1.29, 1.82) is 0 Å². The number of nitrogens with one attached hydrogen (secondary N) is 1. The molecule has 1 aromatic heterocycles. The Morgan fingerprint density at radius 1 is 1.14 bits per heavy atom. The third-order valence-corrected chi connectivity index (χ3v) is 3.86. The highest BCUT2D eigenvalue weighted by atomic mass is 16.1. The molecule has 0 aliphatic rings. The predicted octanol–water partition coefficient (Wildman–Crippen LogP) is 3.83. The van der Waals surface area contributed by atoms with Gasteiger partial charge in [0, 0.05) is 29.0 Å². The smallest absolute Gasteiger partial charge is 0.178 e. The van der Waals surface area contributed by atoms with Gasteiger partial charge in [0.15, 0.2) is 5.78 Å². The van der Waals surface area contributed by atoms with Gasteiger partial charge in [-0.15, -0.1) is 0 Å². The van der Waals surface area contributed by atoms with E-state index >= 15 is 0 Å². The minimum Gasteiger partial charge on any atom is -0.343 e. The van der Waals surface area contributed by atoms with E-state index in [1.54, 1.807) is 0 Å². The topological polar surface area (TPSA) is 34.0 Å². The summed E-state index contributed by atoms with van der Waals surface area (Å²) in [5, 5.41) is 3.24. The molecule has 22 heavy (non-hydrogen) atoms. The predicted molar refractivity (Wildman–Crippen MR) is 91.4 cm³/mol. The number of nitrogens with zero attached hydrogens (tertiary/aromatic N) is 1. The zero-order valence-corrected chi connectivity index (χ0v) is 14.2. The molecule has 0 atom stereocenters. The Kier molecular flexibility index (Phi) is 4.87. The summed E-state index contributed by atoms with van der Waals surface area (Å²) in [5.74, 6) is 0.152. The molecular weight excluding hydrogens is 272 g/mol. The van der Waals surface area contributed by atoms with Gasteiger partial charge in [-0.3, -0.25) is 4.79 Å². The second kappa shape index (κ2) is 6.49. The van der Waals surface area contributed by atoms with Gasteiger partial charge in [-0.25, -0.2) is 0 Å². The Morgan fingerprint density at radius 3 is 2.32 bits per heavy atom. The van der Waals surface area contributed by atoms with Gasteiger partial charge in [0.25, 0.3) is 0 Å². The fourth-order valence-electron chi connectivity index (χ4n) is 3.09. The Bertz CT molecular complexity index is 648. The molecule has 3 nitrogen and oxygen atoms in total. The van der Waals surface area contributed by atoms with Crippen LogP contribution in [0, 0.1) is 13.8 Å². The lowest BCUT2D eigenvalue weighted by atomic mass is 10.1. The third kappa shape index (κ3) is 3.66. The number of benzene rings is 1. The van der Waals surface area contributed by atoms with Crippen LogP contribution >= 0.6 is 0 Å². The lowest BCUT2D eigenvalue weighted by Gasteiger charge is -2.25. The van der Waals surface area contributed by atoms with Gasteiger partial charge in [0.2, 0.25) is 0 Å². The molecular formula is C19H26N2O. The van der Waals surface area contributed by atoms with Crippen molar-refractivity contribution in [2.45, 2.75) is 46.7 Å². The van der Waals surface area contributed by atoms with E-state index in [-0.39, 0.29) is 11.3 Å². The highest BCUT2D eigenvalue weighted by Gasteiger charge is 2.22. The molecule has 0 spiro atoms. The molecule has 1 N–H and O–H groups in total. The molecule has 0 bridgehead atoms. The Hall–Kier alpha value is -1.87. The molecule has 0 radical (unpaired) electrons. The van der Waals surface area contributed by atoms with Crippen LogP contribution < -0.4 is 5.32 Å². The average Bonchev–Trinajstić information content (AvgIpc) is 2.74. The van der Waals surface area contributed by atoms with E-state index in [9.17, 15) is 4.79 Å². The molecule has 118 valence electrons. The maximum atomic E-state index is 12.5.